The molecule has 1 heterocycles. The Balaban J connectivity index is 1.80. The van der Waals surface area contributed by atoms with E-state index in [-0.39, 0.29) is 13.3 Å². The molecule has 0 fully saturated rings. The Kier molecular flexibility index (Phi) is 1.95. The van der Waals surface area contributed by atoms with Crippen LogP contribution in [-0.2, 0) is 6.42 Å². The Hall–Kier alpha value is -1.22. The van der Waals surface area contributed by atoms with Gasteiger partial charge in [0.2, 0.25) is 6.79 Å². The molecule has 1 aromatic rings. The van der Waals surface area contributed by atoms with Crippen LogP contribution in [0.25, 0.3) is 0 Å². The van der Waals surface area contributed by atoms with Gasteiger partial charge in [-0.1, -0.05) is 12.9 Å². The fourth-order valence-corrected chi connectivity index (χ4v) is 1.42. The van der Waals surface area contributed by atoms with Crippen molar-refractivity contribution in [3.8, 4) is 11.5 Å². The molecule has 0 spiro atoms. The van der Waals surface area contributed by atoms with E-state index < -0.39 is 6.85 Å². The first kappa shape index (κ1) is 6.30. The molecule has 0 radical (unpaired) electrons. The molecule has 0 atom stereocenters. The van der Waals surface area contributed by atoms with E-state index in [1.54, 1.807) is 0 Å². The van der Waals surface area contributed by atoms with E-state index in [0.717, 1.165) is 23.5 Å². The van der Waals surface area contributed by atoms with Gasteiger partial charge in [-0.2, -0.15) is 0 Å². The highest BCUT2D eigenvalue weighted by Crippen LogP contribution is 2.32. The first-order chi connectivity index (χ1) is 8.04. The van der Waals surface area contributed by atoms with Crippen molar-refractivity contribution in [3.05, 3.63) is 23.8 Å². The predicted molar refractivity (Wildman–Crippen MR) is 54.8 cm³/mol. The van der Waals surface area contributed by atoms with Gasteiger partial charge in [0.25, 0.3) is 0 Å². The van der Waals surface area contributed by atoms with Crippen LogP contribution < -0.4 is 14.8 Å². The van der Waals surface area contributed by atoms with E-state index in [9.17, 15) is 0 Å². The van der Waals surface area contributed by atoms with Gasteiger partial charge < -0.3 is 14.8 Å². The number of fused-ring (bicyclic) bond motifs is 1. The highest BCUT2D eigenvalue weighted by molar-refractivity contribution is 5.44. The standard InChI is InChI=1S/C11H15NO2/c1-2-12-6-5-9-3-4-10-11(7-9)14-8-13-10/h3-4,7,12H,2,5-6,8H2,1H3/i1D3. The Morgan fingerprint density at radius 1 is 1.43 bits per heavy atom. The number of ether oxygens (including phenoxy) is 2. The summed E-state index contributed by atoms with van der Waals surface area (Å²) in [5, 5.41) is 2.91. The Morgan fingerprint density at radius 2 is 2.36 bits per heavy atom. The topological polar surface area (TPSA) is 30.5 Å². The SMILES string of the molecule is [2H]C([2H])([2H])CNCCc1ccc2c(c1)OCO2. The van der Waals surface area contributed by atoms with E-state index in [0.29, 0.717) is 6.54 Å². The lowest BCUT2D eigenvalue weighted by Crippen LogP contribution is -2.15. The summed E-state index contributed by atoms with van der Waals surface area (Å²) in [6, 6.07) is 5.77. The molecule has 0 unspecified atom stereocenters. The monoisotopic (exact) mass is 196 g/mol. The minimum absolute atomic E-state index is 0.0392. The van der Waals surface area contributed by atoms with Crippen LogP contribution in [0.1, 0.15) is 16.5 Å². The minimum Gasteiger partial charge on any atom is -0.454 e. The molecule has 2 rings (SSSR count). The largest absolute Gasteiger partial charge is 0.454 e. The third-order valence-electron chi connectivity index (χ3n) is 2.15. The van der Waals surface area contributed by atoms with Crippen LogP contribution in [0.5, 0.6) is 11.5 Å². The number of hydrogen-bond acceptors (Lipinski definition) is 3. The highest BCUT2D eigenvalue weighted by atomic mass is 16.7. The Morgan fingerprint density at radius 3 is 3.29 bits per heavy atom. The molecule has 1 N–H and O–H groups in total. The Bertz CT molecular complexity index is 393. The van der Waals surface area contributed by atoms with Gasteiger partial charge >= 0.3 is 0 Å². The quantitative estimate of drug-likeness (QED) is 0.741. The van der Waals surface area contributed by atoms with Crippen LogP contribution in [0, 0.1) is 0 Å². The second-order valence-electron chi connectivity index (χ2n) is 3.11. The van der Waals surface area contributed by atoms with Crippen molar-refractivity contribution < 1.29 is 13.6 Å². The zero-order valence-corrected chi connectivity index (χ0v) is 7.88. The van der Waals surface area contributed by atoms with Gasteiger partial charge in [0.05, 0.1) is 0 Å². The smallest absolute Gasteiger partial charge is 0.231 e. The molecule has 76 valence electrons. The molecule has 0 bridgehead atoms. The molecule has 0 saturated carbocycles. The summed E-state index contributed by atoms with van der Waals surface area (Å²) in [5.41, 5.74) is 1.10. The first-order valence-corrected chi connectivity index (χ1v) is 4.64. The fraction of sp³-hybridized carbons (Fsp3) is 0.455. The third-order valence-corrected chi connectivity index (χ3v) is 2.15. The van der Waals surface area contributed by atoms with E-state index >= 15 is 0 Å². The van der Waals surface area contributed by atoms with Crippen LogP contribution in [0.4, 0.5) is 0 Å². The summed E-state index contributed by atoms with van der Waals surface area (Å²) in [4.78, 5) is 0. The van der Waals surface area contributed by atoms with Gasteiger partial charge in [0.15, 0.2) is 11.5 Å². The van der Waals surface area contributed by atoms with Crippen LogP contribution in [0.15, 0.2) is 18.2 Å². The average Bonchev–Trinajstić information content (AvgIpc) is 2.70. The number of benzene rings is 1. The summed E-state index contributed by atoms with van der Waals surface area (Å²) >= 11 is 0. The number of rotatable bonds is 4. The van der Waals surface area contributed by atoms with Crippen molar-refractivity contribution in [2.75, 3.05) is 19.9 Å². The maximum absolute atomic E-state index is 7.05. The van der Waals surface area contributed by atoms with Gasteiger partial charge in [-0.15, -0.1) is 0 Å². The summed E-state index contributed by atoms with van der Waals surface area (Å²) in [6.07, 6.45) is 0.771. The first-order valence-electron chi connectivity index (χ1n) is 6.14. The maximum Gasteiger partial charge on any atom is 0.231 e. The molecule has 1 aromatic carbocycles. The lowest BCUT2D eigenvalue weighted by molar-refractivity contribution is 0.174. The summed E-state index contributed by atoms with van der Waals surface area (Å²) in [7, 11) is 0. The van der Waals surface area contributed by atoms with Gasteiger partial charge in [0.1, 0.15) is 0 Å². The average molecular weight is 196 g/mol. The van der Waals surface area contributed by atoms with E-state index in [4.69, 9.17) is 13.6 Å². The molecular formula is C11H15NO2. The van der Waals surface area contributed by atoms with Gasteiger partial charge in [0, 0.05) is 4.11 Å². The van der Waals surface area contributed by atoms with Crippen molar-refractivity contribution in [3.63, 3.8) is 0 Å². The highest BCUT2D eigenvalue weighted by Gasteiger charge is 2.12. The molecule has 1 aliphatic rings. The summed E-state index contributed by atoms with van der Waals surface area (Å²) in [5.74, 6) is 1.53. The van der Waals surface area contributed by atoms with Gasteiger partial charge in [-0.25, -0.2) is 0 Å². The fourth-order valence-electron chi connectivity index (χ4n) is 1.42. The molecule has 1 aliphatic heterocycles. The van der Waals surface area contributed by atoms with Crippen LogP contribution in [0.2, 0.25) is 0 Å². The Labute approximate surface area is 88.2 Å². The second-order valence-corrected chi connectivity index (χ2v) is 3.11. The zero-order valence-electron chi connectivity index (χ0n) is 10.9. The number of hydrogen-bond donors (Lipinski definition) is 1. The van der Waals surface area contributed by atoms with Crippen molar-refractivity contribution in [1.82, 2.24) is 5.32 Å². The third kappa shape index (κ3) is 1.99. The lowest BCUT2D eigenvalue weighted by Gasteiger charge is -2.03. The normalized spacial score (nSPS) is 17.3. The zero-order chi connectivity index (χ0) is 12.3. The van der Waals surface area contributed by atoms with Gasteiger partial charge in [-0.3, -0.25) is 0 Å². The minimum atomic E-state index is -1.91. The molecule has 14 heavy (non-hydrogen) atoms. The molecule has 0 aromatic heterocycles. The van der Waals surface area contributed by atoms with Crippen LogP contribution in [0.3, 0.4) is 0 Å². The van der Waals surface area contributed by atoms with Crippen molar-refractivity contribution in [2.24, 2.45) is 0 Å². The summed E-state index contributed by atoms with van der Waals surface area (Å²) < 4.78 is 31.6. The predicted octanol–water partition coefficient (Wildman–Crippen LogP) is 1.57. The molecular weight excluding hydrogens is 178 g/mol. The van der Waals surface area contributed by atoms with Gasteiger partial charge in [-0.05, 0) is 37.2 Å². The van der Waals surface area contributed by atoms with E-state index in [1.807, 2.05) is 18.2 Å². The molecule has 0 amide bonds. The molecule has 0 aliphatic carbocycles. The second kappa shape index (κ2) is 4.33. The van der Waals surface area contributed by atoms with E-state index in [2.05, 4.69) is 5.32 Å². The van der Waals surface area contributed by atoms with Crippen LogP contribution in [-0.4, -0.2) is 19.9 Å². The van der Waals surface area contributed by atoms with E-state index in [1.165, 1.54) is 0 Å². The number of likely N-dealkylation sites (N-methyl/N-ethyl adjacent to an activating group) is 1. The van der Waals surface area contributed by atoms with Crippen molar-refractivity contribution >= 4 is 0 Å². The molecule has 3 heteroatoms. The summed E-state index contributed by atoms with van der Waals surface area (Å²) in [6.45, 7) is -0.958. The van der Waals surface area contributed by atoms with Crippen LogP contribution >= 0.6 is 0 Å². The van der Waals surface area contributed by atoms with Crippen molar-refractivity contribution in [2.45, 2.75) is 13.3 Å². The van der Waals surface area contributed by atoms with Crippen molar-refractivity contribution in [1.29, 1.82) is 0 Å². The maximum atomic E-state index is 7.05. The lowest BCUT2D eigenvalue weighted by atomic mass is 10.1. The number of nitrogens with one attached hydrogen (secondary N) is 1. The molecule has 0 saturated heterocycles. The molecule has 3 nitrogen and oxygen atoms in total.